The van der Waals surface area contributed by atoms with E-state index in [2.05, 4.69) is 10.3 Å². The maximum Gasteiger partial charge on any atom is 0.305 e. The summed E-state index contributed by atoms with van der Waals surface area (Å²) in [6, 6.07) is 13.4. The fourth-order valence-electron chi connectivity index (χ4n) is 3.23. The number of aromatic nitrogens is 1. The third-order valence-corrected chi connectivity index (χ3v) is 4.67. The van der Waals surface area contributed by atoms with Gasteiger partial charge >= 0.3 is 5.97 Å². The number of fused-ring (bicyclic) bond motifs is 1. The zero-order valence-electron chi connectivity index (χ0n) is 15.7. The van der Waals surface area contributed by atoms with E-state index >= 15 is 0 Å². The van der Waals surface area contributed by atoms with Gasteiger partial charge in [-0.3, -0.25) is 14.6 Å². The van der Waals surface area contributed by atoms with Crippen molar-refractivity contribution in [3.8, 4) is 0 Å². The van der Waals surface area contributed by atoms with Gasteiger partial charge in [0.1, 0.15) is 0 Å². The number of benzene rings is 2. The van der Waals surface area contributed by atoms with Gasteiger partial charge in [-0.25, -0.2) is 0 Å². The Labute approximate surface area is 158 Å². The first-order valence-corrected chi connectivity index (χ1v) is 8.82. The number of hydrogen-bond acceptors (Lipinski definition) is 4. The lowest BCUT2D eigenvalue weighted by Gasteiger charge is -2.16. The molecule has 0 bridgehead atoms. The summed E-state index contributed by atoms with van der Waals surface area (Å²) in [6.45, 7) is 3.85. The Morgan fingerprint density at radius 3 is 2.56 bits per heavy atom. The first-order chi connectivity index (χ1) is 13.0. The van der Waals surface area contributed by atoms with Crippen LogP contribution in [0.5, 0.6) is 0 Å². The van der Waals surface area contributed by atoms with Gasteiger partial charge in [-0.15, -0.1) is 0 Å². The van der Waals surface area contributed by atoms with Gasteiger partial charge in [0.05, 0.1) is 18.3 Å². The molecule has 5 nitrogen and oxygen atoms in total. The average molecular weight is 362 g/mol. The number of nitrogens with zero attached hydrogens (tertiary/aromatic N) is 1. The summed E-state index contributed by atoms with van der Waals surface area (Å²) >= 11 is 0. The highest BCUT2D eigenvalue weighted by Gasteiger charge is 2.18. The molecule has 138 valence electrons. The normalized spacial score (nSPS) is 10.6. The van der Waals surface area contributed by atoms with Crippen molar-refractivity contribution in [1.29, 1.82) is 0 Å². The fraction of sp³-hybridized carbons (Fsp3) is 0.227. The molecule has 3 rings (SSSR count). The van der Waals surface area contributed by atoms with Gasteiger partial charge < -0.3 is 10.1 Å². The summed E-state index contributed by atoms with van der Waals surface area (Å²) in [7, 11) is 1.37. The zero-order valence-corrected chi connectivity index (χ0v) is 15.7. The topological polar surface area (TPSA) is 68.3 Å². The molecule has 3 aromatic rings. The molecule has 0 aliphatic heterocycles. The first kappa shape index (κ1) is 18.6. The molecular weight excluding hydrogens is 340 g/mol. The number of carbonyl (C=O) groups excluding carboxylic acids is 2. The number of rotatable bonds is 5. The zero-order chi connectivity index (χ0) is 19.4. The molecule has 2 aromatic carbocycles. The number of methoxy groups -OCH3 is 1. The van der Waals surface area contributed by atoms with Crippen molar-refractivity contribution in [3.63, 3.8) is 0 Å². The van der Waals surface area contributed by atoms with Crippen molar-refractivity contribution in [3.05, 3.63) is 70.9 Å². The maximum absolute atomic E-state index is 13.1. The number of pyridine rings is 1. The predicted molar refractivity (Wildman–Crippen MR) is 106 cm³/mol. The van der Waals surface area contributed by atoms with Gasteiger partial charge in [-0.1, -0.05) is 30.3 Å². The number of para-hydroxylation sites is 1. The highest BCUT2D eigenvalue weighted by molar-refractivity contribution is 6.10. The molecule has 1 N–H and O–H groups in total. The Bertz CT molecular complexity index is 1010. The molecule has 0 aliphatic carbocycles. The number of amides is 1. The Morgan fingerprint density at radius 2 is 1.78 bits per heavy atom. The average Bonchev–Trinajstić information content (AvgIpc) is 2.68. The van der Waals surface area contributed by atoms with E-state index in [1.165, 1.54) is 7.11 Å². The monoisotopic (exact) mass is 362 g/mol. The van der Waals surface area contributed by atoms with Crippen LogP contribution in [-0.4, -0.2) is 24.0 Å². The van der Waals surface area contributed by atoms with Crippen LogP contribution in [0.3, 0.4) is 0 Å². The minimum Gasteiger partial charge on any atom is -0.469 e. The molecule has 0 aliphatic rings. The second kappa shape index (κ2) is 7.99. The maximum atomic E-state index is 13.1. The van der Waals surface area contributed by atoms with Crippen molar-refractivity contribution in [2.45, 2.75) is 26.7 Å². The van der Waals surface area contributed by atoms with Crippen LogP contribution in [0.1, 0.15) is 33.5 Å². The van der Waals surface area contributed by atoms with E-state index in [4.69, 9.17) is 4.74 Å². The molecule has 1 aromatic heterocycles. The molecule has 1 amide bonds. The van der Waals surface area contributed by atoms with Crippen molar-refractivity contribution in [2.75, 3.05) is 12.4 Å². The Morgan fingerprint density at radius 1 is 1.04 bits per heavy atom. The van der Waals surface area contributed by atoms with Crippen molar-refractivity contribution in [2.24, 2.45) is 0 Å². The van der Waals surface area contributed by atoms with Crippen molar-refractivity contribution < 1.29 is 14.3 Å². The van der Waals surface area contributed by atoms with E-state index in [0.717, 1.165) is 27.6 Å². The lowest BCUT2D eigenvalue weighted by Crippen LogP contribution is -2.18. The van der Waals surface area contributed by atoms with Crippen LogP contribution in [0.4, 0.5) is 5.69 Å². The van der Waals surface area contributed by atoms with E-state index in [0.29, 0.717) is 17.7 Å². The minimum absolute atomic E-state index is 0.200. The summed E-state index contributed by atoms with van der Waals surface area (Å²) in [4.78, 5) is 29.1. The Hall–Kier alpha value is -3.21. The third kappa shape index (κ3) is 3.97. The molecule has 0 radical (unpaired) electrons. The van der Waals surface area contributed by atoms with Crippen LogP contribution in [0.25, 0.3) is 10.9 Å². The smallest absolute Gasteiger partial charge is 0.305 e. The minimum atomic E-state index is -0.291. The lowest BCUT2D eigenvalue weighted by atomic mass is 9.93. The quantitative estimate of drug-likeness (QED) is 0.691. The number of ether oxygens (including phenoxy) is 1. The fourth-order valence-corrected chi connectivity index (χ4v) is 3.23. The summed E-state index contributed by atoms with van der Waals surface area (Å²) in [6.07, 6.45) is 2.39. The Balaban J connectivity index is 1.96. The van der Waals surface area contributed by atoms with E-state index in [1.54, 1.807) is 6.20 Å². The number of carbonyl (C=O) groups is 2. The van der Waals surface area contributed by atoms with Gasteiger partial charge in [0, 0.05) is 23.6 Å². The molecule has 0 atom stereocenters. The van der Waals surface area contributed by atoms with Gasteiger partial charge in [-0.05, 0) is 49.1 Å². The number of esters is 1. The summed E-state index contributed by atoms with van der Waals surface area (Å²) in [5.74, 6) is -0.491. The number of nitrogens with one attached hydrogen (secondary N) is 1. The van der Waals surface area contributed by atoms with Crippen LogP contribution in [0.15, 0.2) is 48.7 Å². The second-order valence-corrected chi connectivity index (χ2v) is 6.46. The molecule has 0 unspecified atom stereocenters. The van der Waals surface area contributed by atoms with Crippen LogP contribution in [-0.2, 0) is 16.0 Å². The van der Waals surface area contributed by atoms with Gasteiger partial charge in [0.2, 0.25) is 0 Å². The Kier molecular flexibility index (Phi) is 5.50. The molecule has 0 saturated carbocycles. The van der Waals surface area contributed by atoms with Crippen molar-refractivity contribution >= 4 is 28.5 Å². The second-order valence-electron chi connectivity index (χ2n) is 6.46. The predicted octanol–water partition coefficient (Wildman–Crippen LogP) is 4.21. The van der Waals surface area contributed by atoms with Crippen LogP contribution in [0.2, 0.25) is 0 Å². The van der Waals surface area contributed by atoms with E-state index in [1.807, 2.05) is 56.3 Å². The van der Waals surface area contributed by atoms with Gasteiger partial charge in [0.15, 0.2) is 0 Å². The molecule has 27 heavy (non-hydrogen) atoms. The third-order valence-electron chi connectivity index (χ3n) is 4.67. The number of aryl methyl sites for hydroxylation is 2. The molecule has 0 saturated heterocycles. The van der Waals surface area contributed by atoms with E-state index in [-0.39, 0.29) is 18.3 Å². The molecule has 5 heteroatoms. The van der Waals surface area contributed by atoms with Crippen LogP contribution < -0.4 is 5.32 Å². The molecular formula is C22H22N2O3. The summed E-state index contributed by atoms with van der Waals surface area (Å²) in [5.41, 5.74) is 4.72. The summed E-state index contributed by atoms with van der Waals surface area (Å²) < 4.78 is 4.74. The standard InChI is InChI=1S/C22H22N2O3/c1-14-9-10-15(2)20(17(14)11-12-19(25)27-3)22(26)24-18-8-4-6-16-7-5-13-23-21(16)18/h4-10,13H,11-12H2,1-3H3,(H,24,26). The highest BCUT2D eigenvalue weighted by Crippen LogP contribution is 2.25. The van der Waals surface area contributed by atoms with Gasteiger partial charge in [-0.2, -0.15) is 0 Å². The molecule has 0 spiro atoms. The van der Waals surface area contributed by atoms with Crippen LogP contribution in [0, 0.1) is 13.8 Å². The number of hydrogen-bond donors (Lipinski definition) is 1. The van der Waals surface area contributed by atoms with E-state index in [9.17, 15) is 9.59 Å². The largest absolute Gasteiger partial charge is 0.469 e. The SMILES string of the molecule is COC(=O)CCc1c(C)ccc(C)c1C(=O)Nc1cccc2cccnc12. The number of anilines is 1. The highest BCUT2D eigenvalue weighted by atomic mass is 16.5. The molecule has 0 fully saturated rings. The van der Waals surface area contributed by atoms with Crippen LogP contribution >= 0.6 is 0 Å². The first-order valence-electron chi connectivity index (χ1n) is 8.82. The summed E-state index contributed by atoms with van der Waals surface area (Å²) in [5, 5.41) is 3.95. The lowest BCUT2D eigenvalue weighted by molar-refractivity contribution is -0.140. The van der Waals surface area contributed by atoms with Gasteiger partial charge in [0.25, 0.3) is 5.91 Å². The molecule has 1 heterocycles. The van der Waals surface area contributed by atoms with Crippen molar-refractivity contribution in [1.82, 2.24) is 4.98 Å². The van der Waals surface area contributed by atoms with E-state index < -0.39 is 0 Å².